The van der Waals surface area contributed by atoms with Gasteiger partial charge in [-0.2, -0.15) is 0 Å². The van der Waals surface area contributed by atoms with Gasteiger partial charge in [0.05, 0.1) is 24.5 Å². The van der Waals surface area contributed by atoms with Crippen molar-refractivity contribution >= 4 is 0 Å². The summed E-state index contributed by atoms with van der Waals surface area (Å²) in [5.74, 6) is 0. The first-order valence-electron chi connectivity index (χ1n) is 5.61. The van der Waals surface area contributed by atoms with E-state index in [1.165, 1.54) is 11.3 Å². The van der Waals surface area contributed by atoms with Gasteiger partial charge in [-0.15, -0.1) is 0 Å². The highest BCUT2D eigenvalue weighted by Crippen LogP contribution is 2.02. The number of hydrogen-bond acceptors (Lipinski definition) is 3. The SMILES string of the molecule is CCCn1cncc1CNCc1ccoc1. The van der Waals surface area contributed by atoms with E-state index in [1.54, 1.807) is 12.5 Å². The largest absolute Gasteiger partial charge is 0.472 e. The zero-order valence-corrected chi connectivity index (χ0v) is 9.52. The number of rotatable bonds is 6. The minimum absolute atomic E-state index is 0.827. The molecular formula is C12H17N3O. The van der Waals surface area contributed by atoms with Crippen LogP contribution in [0.25, 0.3) is 0 Å². The Kier molecular flexibility index (Phi) is 3.77. The molecule has 2 aromatic heterocycles. The Morgan fingerprint density at radius 3 is 3.12 bits per heavy atom. The second-order valence-corrected chi connectivity index (χ2v) is 3.81. The van der Waals surface area contributed by atoms with Crippen LogP contribution >= 0.6 is 0 Å². The number of furan rings is 1. The number of nitrogens with one attached hydrogen (secondary N) is 1. The van der Waals surface area contributed by atoms with Crippen molar-refractivity contribution in [1.29, 1.82) is 0 Å². The third-order valence-electron chi connectivity index (χ3n) is 2.48. The summed E-state index contributed by atoms with van der Waals surface area (Å²) in [4.78, 5) is 4.16. The van der Waals surface area contributed by atoms with Gasteiger partial charge in [0.1, 0.15) is 0 Å². The monoisotopic (exact) mass is 219 g/mol. The topological polar surface area (TPSA) is 43.0 Å². The molecule has 0 bridgehead atoms. The molecule has 16 heavy (non-hydrogen) atoms. The van der Waals surface area contributed by atoms with Gasteiger partial charge in [0.25, 0.3) is 0 Å². The molecule has 0 spiro atoms. The van der Waals surface area contributed by atoms with Crippen LogP contribution in [0.5, 0.6) is 0 Å². The molecule has 2 rings (SSSR count). The summed E-state index contributed by atoms with van der Waals surface area (Å²) >= 11 is 0. The molecule has 0 saturated carbocycles. The zero-order chi connectivity index (χ0) is 11.2. The summed E-state index contributed by atoms with van der Waals surface area (Å²) in [5, 5.41) is 3.37. The number of hydrogen-bond donors (Lipinski definition) is 1. The van der Waals surface area contributed by atoms with Crippen molar-refractivity contribution < 1.29 is 4.42 Å². The lowest BCUT2D eigenvalue weighted by atomic mass is 10.3. The molecule has 4 nitrogen and oxygen atoms in total. The summed E-state index contributed by atoms with van der Waals surface area (Å²) in [6.07, 6.45) is 8.39. The van der Waals surface area contributed by atoms with E-state index in [-0.39, 0.29) is 0 Å². The van der Waals surface area contributed by atoms with E-state index < -0.39 is 0 Å². The molecule has 2 aromatic rings. The van der Waals surface area contributed by atoms with Gasteiger partial charge in [-0.25, -0.2) is 4.98 Å². The summed E-state index contributed by atoms with van der Waals surface area (Å²) < 4.78 is 7.19. The maximum atomic E-state index is 5.01. The van der Waals surface area contributed by atoms with Crippen LogP contribution in [0.2, 0.25) is 0 Å². The Labute approximate surface area is 95.3 Å². The van der Waals surface area contributed by atoms with E-state index in [2.05, 4.69) is 21.8 Å². The summed E-state index contributed by atoms with van der Waals surface area (Å²) in [6, 6.07) is 1.97. The van der Waals surface area contributed by atoms with Crippen LogP contribution in [0.3, 0.4) is 0 Å². The van der Waals surface area contributed by atoms with E-state index in [1.807, 2.05) is 18.6 Å². The normalized spacial score (nSPS) is 10.8. The van der Waals surface area contributed by atoms with Crippen LogP contribution in [0, 0.1) is 0 Å². The fourth-order valence-electron chi connectivity index (χ4n) is 1.67. The van der Waals surface area contributed by atoms with Gasteiger partial charge in [-0.05, 0) is 12.5 Å². The maximum absolute atomic E-state index is 5.01. The minimum atomic E-state index is 0.827. The third kappa shape index (κ3) is 2.73. The van der Waals surface area contributed by atoms with Crippen molar-refractivity contribution in [2.75, 3.05) is 0 Å². The van der Waals surface area contributed by atoms with Crippen LogP contribution in [0.4, 0.5) is 0 Å². The Morgan fingerprint density at radius 2 is 2.38 bits per heavy atom. The molecular weight excluding hydrogens is 202 g/mol. The number of aryl methyl sites for hydroxylation is 1. The van der Waals surface area contributed by atoms with Gasteiger partial charge in [0.15, 0.2) is 0 Å². The van der Waals surface area contributed by atoms with Gasteiger partial charge in [0.2, 0.25) is 0 Å². The summed E-state index contributed by atoms with van der Waals surface area (Å²) in [6.45, 7) is 4.87. The highest BCUT2D eigenvalue weighted by atomic mass is 16.3. The Morgan fingerprint density at radius 1 is 1.44 bits per heavy atom. The van der Waals surface area contributed by atoms with Crippen LogP contribution in [0.1, 0.15) is 24.6 Å². The fraction of sp³-hybridized carbons (Fsp3) is 0.417. The van der Waals surface area contributed by atoms with Gasteiger partial charge >= 0.3 is 0 Å². The molecule has 0 aromatic carbocycles. The van der Waals surface area contributed by atoms with Crippen molar-refractivity contribution in [3.8, 4) is 0 Å². The van der Waals surface area contributed by atoms with E-state index in [4.69, 9.17) is 4.42 Å². The van der Waals surface area contributed by atoms with Crippen molar-refractivity contribution in [2.24, 2.45) is 0 Å². The molecule has 2 heterocycles. The number of aromatic nitrogens is 2. The molecule has 0 unspecified atom stereocenters. The van der Waals surface area contributed by atoms with Crippen molar-refractivity contribution in [3.63, 3.8) is 0 Å². The standard InChI is InChI=1S/C12H17N3O/c1-2-4-15-10-14-8-12(15)7-13-6-11-3-5-16-9-11/h3,5,8-10,13H,2,4,6-7H2,1H3. The van der Waals surface area contributed by atoms with E-state index in [0.29, 0.717) is 0 Å². The highest BCUT2D eigenvalue weighted by Gasteiger charge is 2.00. The van der Waals surface area contributed by atoms with Gasteiger partial charge in [-0.1, -0.05) is 6.92 Å². The van der Waals surface area contributed by atoms with Crippen LogP contribution in [-0.4, -0.2) is 9.55 Å². The number of nitrogens with zero attached hydrogens (tertiary/aromatic N) is 2. The molecule has 0 aliphatic heterocycles. The molecule has 0 saturated heterocycles. The van der Waals surface area contributed by atoms with Crippen LogP contribution in [-0.2, 0) is 19.6 Å². The van der Waals surface area contributed by atoms with Crippen molar-refractivity contribution in [1.82, 2.24) is 14.9 Å². The second kappa shape index (κ2) is 5.51. The van der Waals surface area contributed by atoms with Gasteiger partial charge in [0, 0.05) is 31.4 Å². The quantitative estimate of drug-likeness (QED) is 0.809. The van der Waals surface area contributed by atoms with E-state index in [0.717, 1.165) is 26.1 Å². The zero-order valence-electron chi connectivity index (χ0n) is 9.52. The second-order valence-electron chi connectivity index (χ2n) is 3.81. The lowest BCUT2D eigenvalue weighted by Gasteiger charge is -2.07. The third-order valence-corrected chi connectivity index (χ3v) is 2.48. The lowest BCUT2D eigenvalue weighted by molar-refractivity contribution is 0.557. The predicted octanol–water partition coefficient (Wildman–Crippen LogP) is 2.18. The molecule has 0 fully saturated rings. The fourth-order valence-corrected chi connectivity index (χ4v) is 1.67. The minimum Gasteiger partial charge on any atom is -0.472 e. The smallest absolute Gasteiger partial charge is 0.0948 e. The average Bonchev–Trinajstić information content (AvgIpc) is 2.91. The average molecular weight is 219 g/mol. The Hall–Kier alpha value is -1.55. The Balaban J connectivity index is 1.82. The van der Waals surface area contributed by atoms with Crippen molar-refractivity contribution in [3.05, 3.63) is 42.4 Å². The van der Waals surface area contributed by atoms with E-state index >= 15 is 0 Å². The predicted molar refractivity (Wildman–Crippen MR) is 61.8 cm³/mol. The van der Waals surface area contributed by atoms with Gasteiger partial charge < -0.3 is 14.3 Å². The molecule has 0 atom stereocenters. The maximum Gasteiger partial charge on any atom is 0.0948 e. The summed E-state index contributed by atoms with van der Waals surface area (Å²) in [5.41, 5.74) is 2.40. The van der Waals surface area contributed by atoms with Crippen LogP contribution in [0.15, 0.2) is 35.5 Å². The highest BCUT2D eigenvalue weighted by molar-refractivity contribution is 5.05. The lowest BCUT2D eigenvalue weighted by Crippen LogP contribution is -2.15. The first kappa shape index (κ1) is 11.0. The van der Waals surface area contributed by atoms with Crippen molar-refractivity contribution in [2.45, 2.75) is 33.0 Å². The van der Waals surface area contributed by atoms with Gasteiger partial charge in [-0.3, -0.25) is 0 Å². The molecule has 4 heteroatoms. The summed E-state index contributed by atoms with van der Waals surface area (Å²) in [7, 11) is 0. The first-order chi connectivity index (χ1) is 7.90. The molecule has 0 aliphatic carbocycles. The molecule has 0 aliphatic rings. The molecule has 1 N–H and O–H groups in total. The number of imidazole rings is 1. The molecule has 0 radical (unpaired) electrons. The molecule has 0 amide bonds. The first-order valence-corrected chi connectivity index (χ1v) is 5.61. The van der Waals surface area contributed by atoms with E-state index in [9.17, 15) is 0 Å². The van der Waals surface area contributed by atoms with Crippen LogP contribution < -0.4 is 5.32 Å². The molecule has 86 valence electrons. The Bertz CT molecular complexity index is 406.